The molecule has 0 heterocycles. The minimum absolute atomic E-state index is 0.155. The number of anilines is 1. The Kier molecular flexibility index (Phi) is 3.37. The predicted octanol–water partition coefficient (Wildman–Crippen LogP) is 3.86. The molecule has 0 aliphatic carbocycles. The molecule has 0 amide bonds. The molecule has 0 aliphatic rings. The second-order valence-electron chi connectivity index (χ2n) is 4.33. The van der Waals surface area contributed by atoms with E-state index < -0.39 is 8.24 Å². The van der Waals surface area contributed by atoms with E-state index >= 15 is 0 Å². The fourth-order valence-electron chi connectivity index (χ4n) is 1.10. The minimum atomic E-state index is -1.48. The van der Waals surface area contributed by atoms with Gasteiger partial charge in [-0.2, -0.15) is 0 Å². The molecule has 1 aromatic rings. The quantitative estimate of drug-likeness (QED) is 0.741. The van der Waals surface area contributed by atoms with Crippen molar-refractivity contribution >= 4 is 29.9 Å². The number of hydrogen-bond acceptors (Lipinski definition) is 1. The molecule has 0 unspecified atom stereocenters. The molecule has 1 nitrogen and oxygen atoms in total. The van der Waals surface area contributed by atoms with E-state index in [2.05, 4.69) is 40.1 Å². The molecular weight excluding hydrogens is 261 g/mol. The molecule has 0 atom stereocenters. The van der Waals surface area contributed by atoms with Crippen LogP contribution in [0.25, 0.3) is 0 Å². The van der Waals surface area contributed by atoms with Gasteiger partial charge in [-0.05, 0) is 25.2 Å². The van der Waals surface area contributed by atoms with Gasteiger partial charge >= 0.3 is 0 Å². The van der Waals surface area contributed by atoms with Crippen molar-refractivity contribution in [3.63, 3.8) is 0 Å². The Morgan fingerprint density at radius 3 is 2.36 bits per heavy atom. The number of nitrogens with zero attached hydrogens (tertiary/aromatic N) is 1. The standard InChI is InChI=1S/C10H15BrFNSi/c1-13(14(2,3)4)10-7-8(11)5-6-9(10)12/h5-7H,1-4H3. The van der Waals surface area contributed by atoms with Gasteiger partial charge in [0.05, 0.1) is 5.69 Å². The van der Waals surface area contributed by atoms with Crippen LogP contribution in [0.4, 0.5) is 10.1 Å². The first-order valence-corrected chi connectivity index (χ1v) is 8.75. The second-order valence-corrected chi connectivity index (χ2v) is 10.3. The first kappa shape index (κ1) is 11.7. The fourth-order valence-corrected chi connectivity index (χ4v) is 2.35. The molecule has 0 saturated heterocycles. The van der Waals surface area contributed by atoms with Gasteiger partial charge < -0.3 is 4.57 Å². The van der Waals surface area contributed by atoms with Gasteiger partial charge in [-0.3, -0.25) is 0 Å². The molecule has 0 aliphatic heterocycles. The summed E-state index contributed by atoms with van der Waals surface area (Å²) in [6.45, 7) is 6.56. The maximum Gasteiger partial charge on any atom is 0.147 e. The van der Waals surface area contributed by atoms with E-state index in [1.54, 1.807) is 6.07 Å². The average molecular weight is 276 g/mol. The van der Waals surface area contributed by atoms with Crippen molar-refractivity contribution in [2.75, 3.05) is 11.6 Å². The molecule has 78 valence electrons. The Morgan fingerprint density at radius 1 is 1.29 bits per heavy atom. The summed E-state index contributed by atoms with van der Waals surface area (Å²) in [5, 5.41) is 0. The van der Waals surface area contributed by atoms with E-state index in [4.69, 9.17) is 0 Å². The largest absolute Gasteiger partial charge is 0.398 e. The van der Waals surface area contributed by atoms with Crippen LogP contribution in [0.5, 0.6) is 0 Å². The lowest BCUT2D eigenvalue weighted by Gasteiger charge is -2.32. The van der Waals surface area contributed by atoms with Crippen LogP contribution in [0.15, 0.2) is 22.7 Å². The highest BCUT2D eigenvalue weighted by atomic mass is 79.9. The van der Waals surface area contributed by atoms with E-state index in [0.717, 1.165) is 4.47 Å². The number of benzene rings is 1. The Morgan fingerprint density at radius 2 is 1.86 bits per heavy atom. The topological polar surface area (TPSA) is 3.24 Å². The Labute approximate surface area is 94.1 Å². The van der Waals surface area contributed by atoms with Crippen LogP contribution in [0.1, 0.15) is 0 Å². The normalized spacial score (nSPS) is 11.6. The first-order chi connectivity index (χ1) is 6.32. The van der Waals surface area contributed by atoms with E-state index in [-0.39, 0.29) is 5.82 Å². The van der Waals surface area contributed by atoms with Gasteiger partial charge in [0.1, 0.15) is 14.1 Å². The summed E-state index contributed by atoms with van der Waals surface area (Å²) in [4.78, 5) is 0. The molecule has 0 bridgehead atoms. The summed E-state index contributed by atoms with van der Waals surface area (Å²) in [6.07, 6.45) is 0. The third-order valence-electron chi connectivity index (χ3n) is 2.28. The molecule has 0 saturated carbocycles. The molecule has 1 rings (SSSR count). The summed E-state index contributed by atoms with van der Waals surface area (Å²) in [5.74, 6) is -0.155. The first-order valence-electron chi connectivity index (χ1n) is 4.51. The van der Waals surface area contributed by atoms with Crippen LogP contribution in [0.3, 0.4) is 0 Å². The zero-order chi connectivity index (χ0) is 10.9. The minimum Gasteiger partial charge on any atom is -0.398 e. The average Bonchev–Trinajstić information content (AvgIpc) is 2.06. The predicted molar refractivity (Wildman–Crippen MR) is 65.8 cm³/mol. The summed E-state index contributed by atoms with van der Waals surface area (Å²) in [7, 11) is 0.472. The van der Waals surface area contributed by atoms with Crippen molar-refractivity contribution in [3.05, 3.63) is 28.5 Å². The van der Waals surface area contributed by atoms with E-state index in [0.29, 0.717) is 5.69 Å². The molecule has 14 heavy (non-hydrogen) atoms. The second kappa shape index (κ2) is 4.02. The summed E-state index contributed by atoms with van der Waals surface area (Å²) < 4.78 is 16.5. The molecule has 1 aromatic carbocycles. The third kappa shape index (κ3) is 2.57. The third-order valence-corrected chi connectivity index (χ3v) is 5.02. The molecule has 0 N–H and O–H groups in total. The lowest BCUT2D eigenvalue weighted by molar-refractivity contribution is 0.628. The van der Waals surface area contributed by atoms with Gasteiger partial charge in [0.15, 0.2) is 0 Å². The van der Waals surface area contributed by atoms with Crippen LogP contribution in [-0.2, 0) is 0 Å². The lowest BCUT2D eigenvalue weighted by Crippen LogP contribution is -2.43. The van der Waals surface area contributed by atoms with Gasteiger partial charge in [-0.1, -0.05) is 35.6 Å². The maximum atomic E-state index is 13.5. The lowest BCUT2D eigenvalue weighted by atomic mass is 10.3. The van der Waals surface area contributed by atoms with Gasteiger partial charge in [-0.25, -0.2) is 4.39 Å². The molecule has 0 aromatic heterocycles. The number of halogens is 2. The van der Waals surface area contributed by atoms with Crippen molar-refractivity contribution in [1.29, 1.82) is 0 Å². The van der Waals surface area contributed by atoms with Crippen molar-refractivity contribution in [1.82, 2.24) is 0 Å². The van der Waals surface area contributed by atoms with Crippen molar-refractivity contribution in [2.45, 2.75) is 19.6 Å². The highest BCUT2D eigenvalue weighted by molar-refractivity contribution is 9.10. The summed E-state index contributed by atoms with van der Waals surface area (Å²) >= 11 is 3.35. The molecular formula is C10H15BrFNSi. The molecule has 0 fully saturated rings. The van der Waals surface area contributed by atoms with E-state index in [1.807, 2.05) is 13.1 Å². The highest BCUT2D eigenvalue weighted by Gasteiger charge is 2.22. The van der Waals surface area contributed by atoms with Crippen LogP contribution >= 0.6 is 15.9 Å². The zero-order valence-corrected chi connectivity index (χ0v) is 11.5. The summed E-state index contributed by atoms with van der Waals surface area (Å²) in [6, 6.07) is 5.04. The van der Waals surface area contributed by atoms with Gasteiger partial charge in [-0.15, -0.1) is 0 Å². The Balaban J connectivity index is 3.12. The number of hydrogen-bond donors (Lipinski definition) is 0. The maximum absolute atomic E-state index is 13.5. The van der Waals surface area contributed by atoms with Crippen LogP contribution < -0.4 is 4.57 Å². The Bertz CT molecular complexity index is 335. The SMILES string of the molecule is CN(c1cc(Br)ccc1F)[Si](C)(C)C. The van der Waals surface area contributed by atoms with Gasteiger partial charge in [0, 0.05) is 4.47 Å². The zero-order valence-electron chi connectivity index (χ0n) is 8.94. The number of rotatable bonds is 2. The van der Waals surface area contributed by atoms with Crippen LogP contribution in [0.2, 0.25) is 19.6 Å². The monoisotopic (exact) mass is 275 g/mol. The smallest absolute Gasteiger partial charge is 0.147 e. The van der Waals surface area contributed by atoms with E-state index in [1.165, 1.54) is 6.07 Å². The van der Waals surface area contributed by atoms with Gasteiger partial charge in [0.25, 0.3) is 0 Å². The van der Waals surface area contributed by atoms with Crippen molar-refractivity contribution < 1.29 is 4.39 Å². The fraction of sp³-hybridized carbons (Fsp3) is 0.400. The summed E-state index contributed by atoms with van der Waals surface area (Å²) in [5.41, 5.74) is 0.679. The molecule has 0 radical (unpaired) electrons. The Hall–Kier alpha value is -0.353. The molecule has 0 spiro atoms. The van der Waals surface area contributed by atoms with E-state index in [9.17, 15) is 4.39 Å². The van der Waals surface area contributed by atoms with Crippen LogP contribution in [0, 0.1) is 5.82 Å². The van der Waals surface area contributed by atoms with Crippen molar-refractivity contribution in [2.24, 2.45) is 0 Å². The molecule has 4 heteroatoms. The van der Waals surface area contributed by atoms with Gasteiger partial charge in [0.2, 0.25) is 0 Å². The van der Waals surface area contributed by atoms with Crippen LogP contribution in [-0.4, -0.2) is 15.3 Å². The van der Waals surface area contributed by atoms with Crippen molar-refractivity contribution in [3.8, 4) is 0 Å². The highest BCUT2D eigenvalue weighted by Crippen LogP contribution is 2.26.